The summed E-state index contributed by atoms with van der Waals surface area (Å²) in [6.07, 6.45) is 3.94. The molecule has 2 aromatic heterocycles. The Morgan fingerprint density at radius 1 is 0.714 bits per heavy atom. The summed E-state index contributed by atoms with van der Waals surface area (Å²) in [4.78, 5) is 6.89. The highest BCUT2D eigenvalue weighted by Crippen LogP contribution is 2.43. The number of aromatic nitrogens is 2. The Morgan fingerprint density at radius 2 is 1.40 bits per heavy atom. The van der Waals surface area contributed by atoms with E-state index in [4.69, 9.17) is 26.7 Å². The second kappa shape index (κ2) is 11.0. The largest absolute Gasteiger partial charge is 0.497 e. The number of hydrogen-bond donors (Lipinski definition) is 1. The summed E-state index contributed by atoms with van der Waals surface area (Å²) in [6, 6.07) is 40.5. The van der Waals surface area contributed by atoms with Crippen LogP contribution in [-0.2, 0) is 0 Å². The van der Waals surface area contributed by atoms with Gasteiger partial charge in [-0.15, -0.1) is 0 Å². The zero-order valence-electron chi connectivity index (χ0n) is 22.9. The van der Waals surface area contributed by atoms with Gasteiger partial charge in [0.1, 0.15) is 23.3 Å². The third kappa shape index (κ3) is 4.84. The van der Waals surface area contributed by atoms with Crippen LogP contribution >= 0.6 is 12.2 Å². The van der Waals surface area contributed by atoms with Gasteiger partial charge in [0.2, 0.25) is 0 Å². The van der Waals surface area contributed by atoms with Crippen molar-refractivity contribution in [2.45, 2.75) is 12.1 Å². The van der Waals surface area contributed by atoms with Gasteiger partial charge in [-0.25, -0.2) is 0 Å². The number of fused-ring (bicyclic) bond motifs is 1. The van der Waals surface area contributed by atoms with Crippen molar-refractivity contribution in [2.24, 2.45) is 0 Å². The van der Waals surface area contributed by atoms with Crippen molar-refractivity contribution >= 4 is 33.8 Å². The monoisotopic (exact) mass is 568 g/mol. The number of nitrogens with zero attached hydrogens (tertiary/aromatic N) is 3. The van der Waals surface area contributed by atoms with Gasteiger partial charge in [0.15, 0.2) is 5.11 Å². The molecule has 0 spiro atoms. The minimum atomic E-state index is -0.151. The Morgan fingerprint density at radius 3 is 2.14 bits per heavy atom. The molecule has 7 rings (SSSR count). The topological polar surface area (TPSA) is 51.6 Å². The van der Waals surface area contributed by atoms with E-state index >= 15 is 0 Å². The van der Waals surface area contributed by atoms with Crippen molar-refractivity contribution < 1.29 is 9.47 Å². The smallest absolute Gasteiger partial charge is 0.174 e. The average molecular weight is 569 g/mol. The summed E-state index contributed by atoms with van der Waals surface area (Å²) in [5.41, 5.74) is 4.09. The maximum atomic E-state index is 6.09. The van der Waals surface area contributed by atoms with E-state index in [1.165, 1.54) is 10.8 Å². The van der Waals surface area contributed by atoms with Crippen LogP contribution < -0.4 is 19.7 Å². The summed E-state index contributed by atoms with van der Waals surface area (Å²) in [5, 5.41) is 6.62. The molecule has 206 valence electrons. The van der Waals surface area contributed by atoms with E-state index in [0.29, 0.717) is 5.11 Å². The molecule has 0 unspecified atom stereocenters. The van der Waals surface area contributed by atoms with E-state index in [0.717, 1.165) is 40.0 Å². The second-order valence-electron chi connectivity index (χ2n) is 10.1. The standard InChI is InChI=1S/C35H28N4O2S/c1-40-28-17-19-30(20-18-28)41-29-15-13-26(14-16-29)39-34(33(37-35(39)42)31-9-4-5-21-36-31)32-10-6-22-38(32)27-12-11-24-7-2-3-8-25(24)23-27/h2-23,33-34H,1H3,(H,37,42)/t33-,34-/m1/s1. The minimum absolute atomic E-state index is 0.150. The number of pyridine rings is 1. The average Bonchev–Trinajstić information content (AvgIpc) is 3.66. The van der Waals surface area contributed by atoms with Gasteiger partial charge in [-0.05, 0) is 108 Å². The summed E-state index contributed by atoms with van der Waals surface area (Å²) < 4.78 is 13.6. The second-order valence-corrected chi connectivity index (χ2v) is 10.5. The Labute approximate surface area is 249 Å². The lowest BCUT2D eigenvalue weighted by molar-refractivity contribution is 0.413. The molecule has 0 bridgehead atoms. The zero-order chi connectivity index (χ0) is 28.5. The van der Waals surface area contributed by atoms with Crippen LogP contribution in [-0.4, -0.2) is 21.8 Å². The lowest BCUT2D eigenvalue weighted by Crippen LogP contribution is -2.30. The van der Waals surface area contributed by atoms with Gasteiger partial charge in [-0.2, -0.15) is 0 Å². The number of anilines is 1. The highest BCUT2D eigenvalue weighted by molar-refractivity contribution is 7.80. The molecule has 1 fully saturated rings. The molecule has 6 nitrogen and oxygen atoms in total. The van der Waals surface area contributed by atoms with E-state index in [9.17, 15) is 0 Å². The fourth-order valence-corrected chi connectivity index (χ4v) is 5.93. The van der Waals surface area contributed by atoms with Crippen LogP contribution in [0.3, 0.4) is 0 Å². The lowest BCUT2D eigenvalue weighted by Gasteiger charge is -2.29. The van der Waals surface area contributed by atoms with E-state index in [1.54, 1.807) is 7.11 Å². The molecule has 1 aliphatic heterocycles. The summed E-state index contributed by atoms with van der Waals surface area (Å²) in [7, 11) is 1.65. The molecule has 42 heavy (non-hydrogen) atoms. The summed E-state index contributed by atoms with van der Waals surface area (Å²) >= 11 is 5.97. The first-order valence-electron chi connectivity index (χ1n) is 13.8. The van der Waals surface area contributed by atoms with Gasteiger partial charge in [0.05, 0.1) is 18.8 Å². The molecule has 6 aromatic rings. The van der Waals surface area contributed by atoms with Gasteiger partial charge < -0.3 is 24.3 Å². The van der Waals surface area contributed by atoms with Gasteiger partial charge >= 0.3 is 0 Å². The van der Waals surface area contributed by atoms with Crippen molar-refractivity contribution in [3.63, 3.8) is 0 Å². The highest BCUT2D eigenvalue weighted by Gasteiger charge is 2.42. The van der Waals surface area contributed by atoms with Crippen molar-refractivity contribution in [2.75, 3.05) is 12.0 Å². The van der Waals surface area contributed by atoms with Crippen LogP contribution in [0.4, 0.5) is 5.69 Å². The van der Waals surface area contributed by atoms with Crippen LogP contribution in [0.15, 0.2) is 134 Å². The minimum Gasteiger partial charge on any atom is -0.497 e. The first kappa shape index (κ1) is 25.8. The van der Waals surface area contributed by atoms with Crippen LogP contribution in [0.2, 0.25) is 0 Å². The third-order valence-corrected chi connectivity index (χ3v) is 7.92. The first-order chi connectivity index (χ1) is 20.7. The highest BCUT2D eigenvalue weighted by atomic mass is 32.1. The fourth-order valence-electron chi connectivity index (χ4n) is 5.58. The van der Waals surface area contributed by atoms with Crippen molar-refractivity contribution in [3.8, 4) is 22.9 Å². The molecule has 1 N–H and O–H groups in total. The van der Waals surface area contributed by atoms with Crippen LogP contribution in [0.25, 0.3) is 16.5 Å². The van der Waals surface area contributed by atoms with Gasteiger partial charge in [0, 0.05) is 29.5 Å². The number of rotatable bonds is 7. The van der Waals surface area contributed by atoms with Gasteiger partial charge in [-0.3, -0.25) is 4.98 Å². The number of ether oxygens (including phenoxy) is 2. The molecule has 1 aliphatic rings. The van der Waals surface area contributed by atoms with Crippen LogP contribution in [0.5, 0.6) is 17.2 Å². The van der Waals surface area contributed by atoms with Gasteiger partial charge in [0.25, 0.3) is 0 Å². The molecule has 0 aliphatic carbocycles. The molecule has 4 aromatic carbocycles. The van der Waals surface area contributed by atoms with Crippen molar-refractivity contribution in [3.05, 3.63) is 145 Å². The Kier molecular flexibility index (Phi) is 6.78. The van der Waals surface area contributed by atoms with Crippen molar-refractivity contribution in [1.29, 1.82) is 0 Å². The first-order valence-corrected chi connectivity index (χ1v) is 14.2. The number of nitrogens with one attached hydrogen (secondary N) is 1. The molecule has 0 amide bonds. The number of benzene rings is 4. The van der Waals surface area contributed by atoms with E-state index in [-0.39, 0.29) is 12.1 Å². The van der Waals surface area contributed by atoms with Crippen LogP contribution in [0.1, 0.15) is 23.5 Å². The zero-order valence-corrected chi connectivity index (χ0v) is 23.7. The predicted molar refractivity (Wildman–Crippen MR) is 171 cm³/mol. The molecule has 0 radical (unpaired) electrons. The molecule has 3 heterocycles. The SMILES string of the molecule is COc1ccc(Oc2ccc(N3C(=S)N[C@H](c4ccccn4)[C@H]3c3cccn3-c3ccc4ccccc4c3)cc2)cc1. The fraction of sp³-hybridized carbons (Fsp3) is 0.0857. The third-order valence-electron chi connectivity index (χ3n) is 7.60. The maximum Gasteiger partial charge on any atom is 0.174 e. The van der Waals surface area contributed by atoms with Gasteiger partial charge in [-0.1, -0.05) is 36.4 Å². The molecule has 0 saturated carbocycles. The van der Waals surface area contributed by atoms with E-state index in [1.807, 2.05) is 72.9 Å². The van der Waals surface area contributed by atoms with E-state index < -0.39 is 0 Å². The molecule has 2 atom stereocenters. The molecular weight excluding hydrogens is 540 g/mol. The normalized spacial score (nSPS) is 16.4. The summed E-state index contributed by atoms with van der Waals surface area (Å²) in [5.74, 6) is 2.26. The number of methoxy groups -OCH3 is 1. The molecule has 1 saturated heterocycles. The van der Waals surface area contributed by atoms with Crippen LogP contribution in [0, 0.1) is 0 Å². The molecule has 7 heteroatoms. The predicted octanol–water partition coefficient (Wildman–Crippen LogP) is 8.00. The van der Waals surface area contributed by atoms with Crippen molar-refractivity contribution in [1.82, 2.24) is 14.9 Å². The quantitative estimate of drug-likeness (QED) is 0.197. The maximum absolute atomic E-state index is 6.09. The number of thiocarbonyl (C=S) groups is 1. The Balaban J connectivity index is 1.26. The molecular formula is C35H28N4O2S. The Hall–Kier alpha value is -5.14. The number of hydrogen-bond acceptors (Lipinski definition) is 4. The van der Waals surface area contributed by atoms with E-state index in [2.05, 4.69) is 75.6 Å². The Bertz CT molecular complexity index is 1850. The summed E-state index contributed by atoms with van der Waals surface area (Å²) in [6.45, 7) is 0. The lowest BCUT2D eigenvalue weighted by atomic mass is 10.0.